The van der Waals surface area contributed by atoms with Gasteiger partial charge >= 0.3 is 0 Å². The van der Waals surface area contributed by atoms with Crippen LogP contribution < -0.4 is 16.4 Å². The van der Waals surface area contributed by atoms with Gasteiger partial charge in [-0.1, -0.05) is 13.3 Å². The molecule has 19 heavy (non-hydrogen) atoms. The maximum atomic E-state index is 11.3. The average molecular weight is 261 g/mol. The van der Waals surface area contributed by atoms with Crippen molar-refractivity contribution in [3.05, 3.63) is 23.8 Å². The van der Waals surface area contributed by atoms with E-state index in [0.717, 1.165) is 30.4 Å². The molecule has 4 heteroatoms. The van der Waals surface area contributed by atoms with Crippen LogP contribution in [0.1, 0.15) is 43.0 Å². The number of carbonyl (C=O) groups is 1. The summed E-state index contributed by atoms with van der Waals surface area (Å²) >= 11 is 0. The Hall–Kier alpha value is -1.71. The Morgan fingerprint density at radius 3 is 2.84 bits per heavy atom. The highest BCUT2D eigenvalue weighted by molar-refractivity contribution is 5.95. The van der Waals surface area contributed by atoms with Crippen LogP contribution >= 0.6 is 0 Å². The molecule has 0 aromatic heterocycles. The molecule has 0 radical (unpaired) electrons. The summed E-state index contributed by atoms with van der Waals surface area (Å²) in [5, 5.41) is 0. The standard InChI is InChI=1S/C15H23N3O/c1-2-11-4-3-8-18(9-7-11)14-10-12(15(17)19)5-6-13(14)16/h5-6,10-11H,2-4,7-9,16H2,1H3,(H2,17,19). The number of primary amides is 1. The van der Waals surface area contributed by atoms with E-state index in [1.54, 1.807) is 12.1 Å². The topological polar surface area (TPSA) is 72.3 Å². The lowest BCUT2D eigenvalue weighted by molar-refractivity contribution is 0.100. The van der Waals surface area contributed by atoms with Crippen molar-refractivity contribution in [1.82, 2.24) is 0 Å². The van der Waals surface area contributed by atoms with Crippen molar-refractivity contribution in [3.63, 3.8) is 0 Å². The highest BCUT2D eigenvalue weighted by atomic mass is 16.1. The number of amides is 1. The Morgan fingerprint density at radius 2 is 2.16 bits per heavy atom. The van der Waals surface area contributed by atoms with E-state index in [0.29, 0.717) is 5.56 Å². The van der Waals surface area contributed by atoms with Crippen molar-refractivity contribution in [2.75, 3.05) is 23.7 Å². The quantitative estimate of drug-likeness (QED) is 0.820. The van der Waals surface area contributed by atoms with Gasteiger partial charge in [0.15, 0.2) is 0 Å². The van der Waals surface area contributed by atoms with Crippen molar-refractivity contribution in [2.24, 2.45) is 11.7 Å². The molecule has 1 aromatic carbocycles. The van der Waals surface area contributed by atoms with Crippen LogP contribution in [0.15, 0.2) is 18.2 Å². The number of hydrogen-bond acceptors (Lipinski definition) is 3. The molecule has 2 rings (SSSR count). The number of hydrogen-bond donors (Lipinski definition) is 2. The predicted octanol–water partition coefficient (Wildman–Crippen LogP) is 2.38. The lowest BCUT2D eigenvalue weighted by atomic mass is 9.98. The summed E-state index contributed by atoms with van der Waals surface area (Å²) in [6, 6.07) is 5.29. The molecule has 0 aliphatic carbocycles. The maximum Gasteiger partial charge on any atom is 0.248 e. The smallest absolute Gasteiger partial charge is 0.248 e. The lowest BCUT2D eigenvalue weighted by Crippen LogP contribution is -2.25. The molecule has 104 valence electrons. The number of anilines is 2. The zero-order valence-corrected chi connectivity index (χ0v) is 11.6. The van der Waals surface area contributed by atoms with Crippen LogP contribution in [0, 0.1) is 5.92 Å². The molecule has 0 spiro atoms. The second kappa shape index (κ2) is 5.95. The molecule has 1 aliphatic rings. The van der Waals surface area contributed by atoms with Crippen LogP contribution in [-0.4, -0.2) is 19.0 Å². The van der Waals surface area contributed by atoms with Gasteiger partial charge in [-0.3, -0.25) is 4.79 Å². The normalized spacial score (nSPS) is 20.1. The highest BCUT2D eigenvalue weighted by Gasteiger charge is 2.18. The Balaban J connectivity index is 2.20. The van der Waals surface area contributed by atoms with E-state index >= 15 is 0 Å². The van der Waals surface area contributed by atoms with E-state index in [4.69, 9.17) is 11.5 Å². The Bertz CT molecular complexity index is 459. The molecule has 0 saturated carbocycles. The fraction of sp³-hybridized carbons (Fsp3) is 0.533. The van der Waals surface area contributed by atoms with Gasteiger partial charge in [-0.05, 0) is 43.4 Å². The molecule has 0 bridgehead atoms. The summed E-state index contributed by atoms with van der Waals surface area (Å²) < 4.78 is 0. The van der Waals surface area contributed by atoms with E-state index in [2.05, 4.69) is 11.8 Å². The molecule has 1 amide bonds. The van der Waals surface area contributed by atoms with Crippen LogP contribution in [0.4, 0.5) is 11.4 Å². The van der Waals surface area contributed by atoms with Gasteiger partial charge in [0.05, 0.1) is 11.4 Å². The minimum atomic E-state index is -0.400. The van der Waals surface area contributed by atoms with Gasteiger partial charge in [0.25, 0.3) is 0 Å². The first-order chi connectivity index (χ1) is 9.11. The molecule has 1 saturated heterocycles. The van der Waals surface area contributed by atoms with E-state index in [9.17, 15) is 4.79 Å². The number of nitrogens with zero attached hydrogens (tertiary/aromatic N) is 1. The Morgan fingerprint density at radius 1 is 1.37 bits per heavy atom. The van der Waals surface area contributed by atoms with Gasteiger partial charge in [-0.2, -0.15) is 0 Å². The van der Waals surface area contributed by atoms with E-state index in [-0.39, 0.29) is 0 Å². The van der Waals surface area contributed by atoms with Crippen molar-refractivity contribution in [1.29, 1.82) is 0 Å². The molecule has 1 atom stereocenters. The van der Waals surface area contributed by atoms with Gasteiger partial charge in [-0.15, -0.1) is 0 Å². The second-order valence-electron chi connectivity index (χ2n) is 5.33. The minimum absolute atomic E-state index is 0.400. The second-order valence-corrected chi connectivity index (χ2v) is 5.33. The lowest BCUT2D eigenvalue weighted by Gasteiger charge is -2.25. The number of benzene rings is 1. The summed E-state index contributed by atoms with van der Waals surface area (Å²) in [6.07, 6.45) is 4.89. The van der Waals surface area contributed by atoms with Crippen molar-refractivity contribution in [3.8, 4) is 0 Å². The van der Waals surface area contributed by atoms with Crippen LogP contribution in [0.3, 0.4) is 0 Å². The van der Waals surface area contributed by atoms with Gasteiger partial charge in [0.2, 0.25) is 5.91 Å². The van der Waals surface area contributed by atoms with Crippen LogP contribution in [0.25, 0.3) is 0 Å². The zero-order chi connectivity index (χ0) is 13.8. The third kappa shape index (κ3) is 3.19. The third-order valence-corrected chi connectivity index (χ3v) is 4.08. The molecular formula is C15H23N3O. The van der Waals surface area contributed by atoms with Crippen LogP contribution in [-0.2, 0) is 0 Å². The Kier molecular flexibility index (Phi) is 4.30. The SMILES string of the molecule is CCC1CCCN(c2cc(C(N)=O)ccc2N)CC1. The molecule has 1 fully saturated rings. The van der Waals surface area contributed by atoms with Gasteiger partial charge in [0, 0.05) is 18.7 Å². The molecule has 1 heterocycles. The molecule has 4 nitrogen and oxygen atoms in total. The highest BCUT2D eigenvalue weighted by Crippen LogP contribution is 2.29. The molecular weight excluding hydrogens is 238 g/mol. The molecule has 1 unspecified atom stereocenters. The van der Waals surface area contributed by atoms with Crippen LogP contribution in [0.5, 0.6) is 0 Å². The first kappa shape index (κ1) is 13.7. The zero-order valence-electron chi connectivity index (χ0n) is 11.6. The molecule has 1 aromatic rings. The number of nitrogen functional groups attached to an aromatic ring is 1. The van der Waals surface area contributed by atoms with E-state index in [1.807, 2.05) is 6.07 Å². The maximum absolute atomic E-state index is 11.3. The first-order valence-corrected chi connectivity index (χ1v) is 7.06. The van der Waals surface area contributed by atoms with E-state index < -0.39 is 5.91 Å². The number of nitrogens with two attached hydrogens (primary N) is 2. The largest absolute Gasteiger partial charge is 0.397 e. The molecule has 4 N–H and O–H groups in total. The third-order valence-electron chi connectivity index (χ3n) is 4.08. The van der Waals surface area contributed by atoms with Gasteiger partial charge in [-0.25, -0.2) is 0 Å². The molecule has 1 aliphatic heterocycles. The first-order valence-electron chi connectivity index (χ1n) is 7.06. The summed E-state index contributed by atoms with van der Waals surface area (Å²) in [4.78, 5) is 13.6. The van der Waals surface area contributed by atoms with E-state index in [1.165, 1.54) is 25.7 Å². The number of rotatable bonds is 3. The fourth-order valence-corrected chi connectivity index (χ4v) is 2.79. The monoisotopic (exact) mass is 261 g/mol. The summed E-state index contributed by atoms with van der Waals surface area (Å²) in [6.45, 7) is 4.26. The summed E-state index contributed by atoms with van der Waals surface area (Å²) in [5.74, 6) is 0.410. The Labute approximate surface area is 114 Å². The fourth-order valence-electron chi connectivity index (χ4n) is 2.79. The van der Waals surface area contributed by atoms with Gasteiger partial charge in [0.1, 0.15) is 0 Å². The van der Waals surface area contributed by atoms with Crippen molar-refractivity contribution in [2.45, 2.75) is 32.6 Å². The van der Waals surface area contributed by atoms with Crippen molar-refractivity contribution < 1.29 is 4.79 Å². The summed E-state index contributed by atoms with van der Waals surface area (Å²) in [7, 11) is 0. The average Bonchev–Trinajstić information content (AvgIpc) is 2.64. The van der Waals surface area contributed by atoms with Gasteiger partial charge < -0.3 is 16.4 Å². The number of carbonyl (C=O) groups excluding carboxylic acids is 1. The predicted molar refractivity (Wildman–Crippen MR) is 79.2 cm³/mol. The minimum Gasteiger partial charge on any atom is -0.397 e. The van der Waals surface area contributed by atoms with Crippen molar-refractivity contribution >= 4 is 17.3 Å². The van der Waals surface area contributed by atoms with Crippen LogP contribution in [0.2, 0.25) is 0 Å². The summed E-state index contributed by atoms with van der Waals surface area (Å²) in [5.41, 5.74) is 13.6.